The van der Waals surface area contributed by atoms with Gasteiger partial charge in [-0.1, -0.05) is 24.3 Å². The predicted octanol–water partition coefficient (Wildman–Crippen LogP) is 3.88. The maximum Gasteiger partial charge on any atom is 0.142 e. The van der Waals surface area contributed by atoms with Gasteiger partial charge in [0.2, 0.25) is 0 Å². The van der Waals surface area contributed by atoms with Crippen molar-refractivity contribution in [2.24, 2.45) is 0 Å². The number of rotatable bonds is 2. The maximum atomic E-state index is 14.0. The quantitative estimate of drug-likeness (QED) is 0.777. The van der Waals surface area contributed by atoms with Crippen molar-refractivity contribution in [3.05, 3.63) is 71.5 Å². The van der Waals surface area contributed by atoms with Crippen LogP contribution in [-0.4, -0.2) is 4.98 Å². The largest absolute Gasteiger partial charge is 0.383 e. The zero-order valence-electron chi connectivity index (χ0n) is 12.5. The van der Waals surface area contributed by atoms with Gasteiger partial charge >= 0.3 is 0 Å². The van der Waals surface area contributed by atoms with Gasteiger partial charge < -0.3 is 5.73 Å². The highest BCUT2D eigenvalue weighted by Gasteiger charge is 2.15. The molecule has 0 spiro atoms. The molecule has 4 nitrogen and oxygen atoms in total. The van der Waals surface area contributed by atoms with Gasteiger partial charge in [-0.15, -0.1) is 0 Å². The van der Waals surface area contributed by atoms with Crippen molar-refractivity contribution in [1.29, 1.82) is 10.5 Å². The monoisotopic (exact) mass is 314 g/mol. The summed E-state index contributed by atoms with van der Waals surface area (Å²) in [5.41, 5.74) is 8.55. The topological polar surface area (TPSA) is 86.5 Å². The first-order valence-corrected chi connectivity index (χ1v) is 7.10. The van der Waals surface area contributed by atoms with Crippen LogP contribution in [-0.2, 0) is 0 Å². The Kier molecular flexibility index (Phi) is 3.93. The number of nitriles is 2. The average molecular weight is 314 g/mol. The molecule has 0 aliphatic carbocycles. The van der Waals surface area contributed by atoms with Crippen molar-refractivity contribution in [2.75, 3.05) is 5.73 Å². The fraction of sp³-hybridized carbons (Fsp3) is 0. The Hall–Kier alpha value is -3.70. The first kappa shape index (κ1) is 15.2. The van der Waals surface area contributed by atoms with E-state index in [4.69, 9.17) is 11.0 Å². The van der Waals surface area contributed by atoms with Crippen molar-refractivity contribution >= 4 is 5.82 Å². The van der Waals surface area contributed by atoms with Crippen LogP contribution in [0.3, 0.4) is 0 Å². The number of benzene rings is 2. The minimum atomic E-state index is -0.417. The van der Waals surface area contributed by atoms with Crippen LogP contribution < -0.4 is 5.73 Å². The zero-order valence-corrected chi connectivity index (χ0v) is 12.5. The number of anilines is 1. The van der Waals surface area contributed by atoms with Gasteiger partial charge in [0.25, 0.3) is 0 Å². The number of halogens is 1. The van der Waals surface area contributed by atoms with E-state index in [9.17, 15) is 9.65 Å². The van der Waals surface area contributed by atoms with Gasteiger partial charge in [-0.3, -0.25) is 0 Å². The molecule has 0 atom stereocenters. The molecule has 0 amide bonds. The fourth-order valence-electron chi connectivity index (χ4n) is 2.44. The van der Waals surface area contributed by atoms with E-state index in [2.05, 4.69) is 4.98 Å². The highest BCUT2D eigenvalue weighted by Crippen LogP contribution is 2.32. The van der Waals surface area contributed by atoms with Crippen LogP contribution >= 0.6 is 0 Å². The smallest absolute Gasteiger partial charge is 0.142 e. The second-order valence-electron chi connectivity index (χ2n) is 5.10. The van der Waals surface area contributed by atoms with Gasteiger partial charge in [-0.25, -0.2) is 9.37 Å². The summed E-state index contributed by atoms with van der Waals surface area (Å²) in [7, 11) is 0. The third-order valence-electron chi connectivity index (χ3n) is 3.63. The van der Waals surface area contributed by atoms with Crippen LogP contribution in [0.4, 0.5) is 10.2 Å². The molecule has 0 saturated carbocycles. The third-order valence-corrected chi connectivity index (χ3v) is 3.63. The fourth-order valence-corrected chi connectivity index (χ4v) is 2.44. The Labute approximate surface area is 138 Å². The molecule has 114 valence electrons. The maximum absolute atomic E-state index is 14.0. The van der Waals surface area contributed by atoms with Crippen LogP contribution in [0.2, 0.25) is 0 Å². The van der Waals surface area contributed by atoms with E-state index < -0.39 is 5.82 Å². The van der Waals surface area contributed by atoms with E-state index in [0.717, 1.165) is 0 Å². The average Bonchev–Trinajstić information content (AvgIpc) is 2.61. The second kappa shape index (κ2) is 6.20. The summed E-state index contributed by atoms with van der Waals surface area (Å²) in [6, 6.07) is 18.7. The van der Waals surface area contributed by atoms with Crippen LogP contribution in [0.25, 0.3) is 22.4 Å². The molecule has 3 aromatic rings. The summed E-state index contributed by atoms with van der Waals surface area (Å²) in [5, 5.41) is 18.3. The van der Waals surface area contributed by atoms with Crippen molar-refractivity contribution in [3.8, 4) is 34.5 Å². The molecule has 0 bridgehead atoms. The number of hydrogen-bond donors (Lipinski definition) is 1. The van der Waals surface area contributed by atoms with E-state index in [1.165, 1.54) is 6.07 Å². The molecule has 0 saturated heterocycles. The SMILES string of the molecule is N#Cc1ccc(-c2cc(-c3ccccc3F)nc(N)c2C#N)cc1. The number of aromatic nitrogens is 1. The molecule has 0 aliphatic rings. The molecule has 24 heavy (non-hydrogen) atoms. The summed E-state index contributed by atoms with van der Waals surface area (Å²) in [6.07, 6.45) is 0. The summed E-state index contributed by atoms with van der Waals surface area (Å²) in [6.45, 7) is 0. The molecule has 0 fully saturated rings. The lowest BCUT2D eigenvalue weighted by atomic mass is 9.97. The molecule has 2 aromatic carbocycles. The molecule has 0 aliphatic heterocycles. The van der Waals surface area contributed by atoms with Gasteiger partial charge in [-0.05, 0) is 35.9 Å². The molecule has 0 radical (unpaired) electrons. The Morgan fingerprint density at radius 1 is 0.917 bits per heavy atom. The minimum Gasteiger partial charge on any atom is -0.383 e. The number of hydrogen-bond acceptors (Lipinski definition) is 4. The van der Waals surface area contributed by atoms with Crippen LogP contribution in [0.15, 0.2) is 54.6 Å². The number of nitrogen functional groups attached to an aromatic ring is 1. The Morgan fingerprint density at radius 3 is 2.25 bits per heavy atom. The Balaban J connectivity index is 2.23. The molecular weight excluding hydrogens is 303 g/mol. The molecule has 3 rings (SSSR count). The van der Waals surface area contributed by atoms with Crippen molar-refractivity contribution < 1.29 is 4.39 Å². The molecular formula is C19H11FN4. The van der Waals surface area contributed by atoms with Crippen molar-refractivity contribution in [3.63, 3.8) is 0 Å². The standard InChI is InChI=1S/C19H11FN4/c20-17-4-2-1-3-14(17)18-9-15(16(11-22)19(23)24-18)13-7-5-12(10-21)6-8-13/h1-9H,(H2,23,24). The summed E-state index contributed by atoms with van der Waals surface area (Å²) >= 11 is 0. The van der Waals surface area contributed by atoms with Crippen LogP contribution in [0.5, 0.6) is 0 Å². The van der Waals surface area contributed by atoms with Gasteiger partial charge in [0.1, 0.15) is 23.3 Å². The Morgan fingerprint density at radius 2 is 1.62 bits per heavy atom. The summed E-state index contributed by atoms with van der Waals surface area (Å²) in [5.74, 6) is -0.377. The molecule has 1 heterocycles. The lowest BCUT2D eigenvalue weighted by Crippen LogP contribution is -2.00. The first-order valence-electron chi connectivity index (χ1n) is 7.10. The van der Waals surface area contributed by atoms with Gasteiger partial charge in [0, 0.05) is 11.1 Å². The minimum absolute atomic E-state index is 0.0395. The van der Waals surface area contributed by atoms with Crippen LogP contribution in [0.1, 0.15) is 11.1 Å². The number of nitrogens with zero attached hydrogens (tertiary/aromatic N) is 3. The molecule has 5 heteroatoms. The lowest BCUT2D eigenvalue weighted by molar-refractivity contribution is 0.631. The van der Waals surface area contributed by atoms with Gasteiger partial charge in [0.15, 0.2) is 0 Å². The molecule has 0 unspecified atom stereocenters. The molecule has 1 aromatic heterocycles. The van der Waals surface area contributed by atoms with E-state index in [1.54, 1.807) is 48.5 Å². The van der Waals surface area contributed by atoms with E-state index >= 15 is 0 Å². The Bertz CT molecular complexity index is 995. The third kappa shape index (κ3) is 2.67. The number of nitrogens with two attached hydrogens (primary N) is 1. The van der Waals surface area contributed by atoms with Crippen LogP contribution in [0, 0.1) is 28.5 Å². The second-order valence-corrected chi connectivity index (χ2v) is 5.10. The highest BCUT2D eigenvalue weighted by molar-refractivity contribution is 5.80. The van der Waals surface area contributed by atoms with Crippen molar-refractivity contribution in [1.82, 2.24) is 4.98 Å². The van der Waals surface area contributed by atoms with E-state index in [-0.39, 0.29) is 11.4 Å². The zero-order chi connectivity index (χ0) is 17.1. The predicted molar refractivity (Wildman–Crippen MR) is 88.9 cm³/mol. The number of pyridine rings is 1. The normalized spacial score (nSPS) is 9.96. The van der Waals surface area contributed by atoms with E-state index in [0.29, 0.717) is 27.9 Å². The highest BCUT2D eigenvalue weighted by atomic mass is 19.1. The van der Waals surface area contributed by atoms with E-state index in [1.807, 2.05) is 12.1 Å². The van der Waals surface area contributed by atoms with Gasteiger partial charge in [0.05, 0.1) is 17.3 Å². The lowest BCUT2D eigenvalue weighted by Gasteiger charge is -2.11. The first-order chi connectivity index (χ1) is 11.6. The van der Waals surface area contributed by atoms with Crippen molar-refractivity contribution in [2.45, 2.75) is 0 Å². The molecule has 2 N–H and O–H groups in total. The summed E-state index contributed by atoms with van der Waals surface area (Å²) in [4.78, 5) is 4.16. The summed E-state index contributed by atoms with van der Waals surface area (Å²) < 4.78 is 14.0. The van der Waals surface area contributed by atoms with Gasteiger partial charge in [-0.2, -0.15) is 10.5 Å².